The lowest BCUT2D eigenvalue weighted by atomic mass is 10.1. The second-order valence-corrected chi connectivity index (χ2v) is 4.44. The molecule has 1 aromatic carbocycles. The van der Waals surface area contributed by atoms with Crippen LogP contribution in [0.4, 0.5) is 0 Å². The fourth-order valence-electron chi connectivity index (χ4n) is 1.27. The Bertz CT molecular complexity index is 430. The van der Waals surface area contributed by atoms with Crippen molar-refractivity contribution in [2.24, 2.45) is 0 Å². The third-order valence-corrected chi connectivity index (χ3v) is 3.35. The van der Waals surface area contributed by atoms with Crippen LogP contribution in [0.3, 0.4) is 0 Å². The molecule has 0 bridgehead atoms. The molecule has 0 amide bonds. The van der Waals surface area contributed by atoms with E-state index >= 15 is 0 Å². The van der Waals surface area contributed by atoms with Gasteiger partial charge in [-0.3, -0.25) is 0 Å². The van der Waals surface area contributed by atoms with Crippen LogP contribution >= 0.6 is 27.5 Å². The van der Waals surface area contributed by atoms with Gasteiger partial charge in [0.15, 0.2) is 0 Å². The highest BCUT2D eigenvalue weighted by Gasteiger charge is 2.09. The maximum Gasteiger partial charge on any atom is 0.115 e. The summed E-state index contributed by atoms with van der Waals surface area (Å²) in [6, 6.07) is 7.70. The minimum atomic E-state index is 0.107. The Balaban J connectivity index is 2.29. The molecule has 4 heteroatoms. The van der Waals surface area contributed by atoms with Gasteiger partial charge >= 0.3 is 0 Å². The van der Waals surface area contributed by atoms with Crippen LogP contribution in [0.1, 0.15) is 16.0 Å². The Morgan fingerprint density at radius 3 is 2.20 bits per heavy atom. The summed E-state index contributed by atoms with van der Waals surface area (Å²) in [5.74, 6) is 0. The van der Waals surface area contributed by atoms with E-state index < -0.39 is 0 Å². The third-order valence-electron chi connectivity index (χ3n) is 2.04. The van der Waals surface area contributed by atoms with Gasteiger partial charge in [0.05, 0.1) is 4.83 Å². The molecule has 2 rings (SSSR count). The van der Waals surface area contributed by atoms with Crippen molar-refractivity contribution < 1.29 is 0 Å². The molecule has 1 atom stereocenters. The molecule has 1 aromatic heterocycles. The van der Waals surface area contributed by atoms with Crippen molar-refractivity contribution in [2.45, 2.75) is 4.83 Å². The van der Waals surface area contributed by atoms with Crippen molar-refractivity contribution in [3.8, 4) is 0 Å². The second kappa shape index (κ2) is 4.73. The molecule has 0 N–H and O–H groups in total. The standard InChI is InChI=1S/C11H8BrClN2/c12-11(9-5-14-7-15-6-9)8-1-3-10(13)4-2-8/h1-7,11H. The lowest BCUT2D eigenvalue weighted by molar-refractivity contribution is 1.06. The minimum Gasteiger partial charge on any atom is -0.244 e. The summed E-state index contributed by atoms with van der Waals surface area (Å²) in [7, 11) is 0. The average Bonchev–Trinajstić information content (AvgIpc) is 2.30. The number of benzene rings is 1. The monoisotopic (exact) mass is 282 g/mol. The van der Waals surface area contributed by atoms with Crippen LogP contribution in [-0.2, 0) is 0 Å². The van der Waals surface area contributed by atoms with Crippen LogP contribution in [0.25, 0.3) is 0 Å². The normalized spacial score (nSPS) is 12.4. The summed E-state index contributed by atoms with van der Waals surface area (Å²) in [5.41, 5.74) is 2.16. The molecule has 1 heterocycles. The molecule has 2 aromatic rings. The highest BCUT2D eigenvalue weighted by Crippen LogP contribution is 2.30. The van der Waals surface area contributed by atoms with E-state index in [9.17, 15) is 0 Å². The molecule has 2 nitrogen and oxygen atoms in total. The average molecular weight is 284 g/mol. The summed E-state index contributed by atoms with van der Waals surface area (Å²) in [6.07, 6.45) is 5.10. The number of hydrogen-bond donors (Lipinski definition) is 0. The van der Waals surface area contributed by atoms with Gasteiger partial charge in [-0.15, -0.1) is 0 Å². The number of halogens is 2. The van der Waals surface area contributed by atoms with Crippen LogP contribution in [0, 0.1) is 0 Å². The molecule has 0 aliphatic rings. The molecule has 0 radical (unpaired) electrons. The van der Waals surface area contributed by atoms with Gasteiger partial charge in [-0.2, -0.15) is 0 Å². The molecule has 0 fully saturated rings. The summed E-state index contributed by atoms with van der Waals surface area (Å²) < 4.78 is 0. The van der Waals surface area contributed by atoms with Crippen molar-refractivity contribution >= 4 is 27.5 Å². The van der Waals surface area contributed by atoms with E-state index in [1.54, 1.807) is 12.4 Å². The van der Waals surface area contributed by atoms with Gasteiger partial charge in [0, 0.05) is 23.0 Å². The number of hydrogen-bond acceptors (Lipinski definition) is 2. The van der Waals surface area contributed by atoms with Crippen LogP contribution in [0.2, 0.25) is 5.02 Å². The Kier molecular flexibility index (Phi) is 3.34. The van der Waals surface area contributed by atoms with Gasteiger partial charge < -0.3 is 0 Å². The number of alkyl halides is 1. The predicted molar refractivity (Wildman–Crippen MR) is 64.3 cm³/mol. The fraction of sp³-hybridized carbons (Fsp3) is 0.0909. The van der Waals surface area contributed by atoms with Gasteiger partial charge in [-0.25, -0.2) is 9.97 Å². The quantitative estimate of drug-likeness (QED) is 0.787. The number of aromatic nitrogens is 2. The first kappa shape index (κ1) is 10.6. The summed E-state index contributed by atoms with van der Waals surface area (Å²) >= 11 is 9.42. The molecule has 0 aliphatic heterocycles. The number of rotatable bonds is 2. The van der Waals surface area contributed by atoms with Gasteiger partial charge in [0.25, 0.3) is 0 Å². The maximum atomic E-state index is 5.82. The van der Waals surface area contributed by atoms with Crippen molar-refractivity contribution in [3.63, 3.8) is 0 Å². The molecule has 0 saturated carbocycles. The zero-order valence-electron chi connectivity index (χ0n) is 7.77. The van der Waals surface area contributed by atoms with Crippen molar-refractivity contribution in [1.82, 2.24) is 9.97 Å². The molecule has 76 valence electrons. The van der Waals surface area contributed by atoms with E-state index in [0.29, 0.717) is 0 Å². The summed E-state index contributed by atoms with van der Waals surface area (Å²) in [4.78, 5) is 8.07. The Hall–Kier alpha value is -0.930. The topological polar surface area (TPSA) is 25.8 Å². The molecule has 15 heavy (non-hydrogen) atoms. The highest BCUT2D eigenvalue weighted by molar-refractivity contribution is 9.09. The van der Waals surface area contributed by atoms with E-state index in [4.69, 9.17) is 11.6 Å². The molecule has 0 saturated heterocycles. The SMILES string of the molecule is Clc1ccc(C(Br)c2cncnc2)cc1. The number of nitrogens with zero attached hydrogens (tertiary/aromatic N) is 2. The Labute approximate surface area is 101 Å². The summed E-state index contributed by atoms with van der Waals surface area (Å²) in [6.45, 7) is 0. The first-order valence-corrected chi connectivity index (χ1v) is 5.71. The first-order chi connectivity index (χ1) is 7.27. The van der Waals surface area contributed by atoms with Gasteiger partial charge in [-0.05, 0) is 17.7 Å². The van der Waals surface area contributed by atoms with Gasteiger partial charge in [-0.1, -0.05) is 39.7 Å². The molecule has 1 unspecified atom stereocenters. The van der Waals surface area contributed by atoms with E-state index in [-0.39, 0.29) is 4.83 Å². The minimum absolute atomic E-state index is 0.107. The lowest BCUT2D eigenvalue weighted by Crippen LogP contribution is -1.93. The second-order valence-electron chi connectivity index (χ2n) is 3.09. The van der Waals surface area contributed by atoms with Crippen LogP contribution < -0.4 is 0 Å². The largest absolute Gasteiger partial charge is 0.244 e. The van der Waals surface area contributed by atoms with E-state index in [2.05, 4.69) is 25.9 Å². The van der Waals surface area contributed by atoms with Crippen molar-refractivity contribution in [3.05, 3.63) is 59.1 Å². The van der Waals surface area contributed by atoms with Crippen molar-refractivity contribution in [1.29, 1.82) is 0 Å². The Morgan fingerprint density at radius 1 is 1.00 bits per heavy atom. The van der Waals surface area contributed by atoms with Crippen LogP contribution in [-0.4, -0.2) is 9.97 Å². The van der Waals surface area contributed by atoms with E-state index in [1.807, 2.05) is 24.3 Å². The zero-order valence-corrected chi connectivity index (χ0v) is 10.1. The lowest BCUT2D eigenvalue weighted by Gasteiger charge is -2.09. The van der Waals surface area contributed by atoms with E-state index in [1.165, 1.54) is 6.33 Å². The zero-order chi connectivity index (χ0) is 10.7. The third kappa shape index (κ3) is 2.55. The molecule has 0 aliphatic carbocycles. The molecule has 0 spiro atoms. The fourth-order valence-corrected chi connectivity index (χ4v) is 1.93. The Morgan fingerprint density at radius 2 is 1.60 bits per heavy atom. The first-order valence-electron chi connectivity index (χ1n) is 4.42. The molecular weight excluding hydrogens is 275 g/mol. The summed E-state index contributed by atoms with van der Waals surface area (Å²) in [5, 5.41) is 0.739. The van der Waals surface area contributed by atoms with Crippen LogP contribution in [0.15, 0.2) is 43.0 Å². The predicted octanol–water partition coefficient (Wildman–Crippen LogP) is 3.61. The van der Waals surface area contributed by atoms with Gasteiger partial charge in [0.2, 0.25) is 0 Å². The smallest absolute Gasteiger partial charge is 0.115 e. The van der Waals surface area contributed by atoms with Crippen LogP contribution in [0.5, 0.6) is 0 Å². The maximum absolute atomic E-state index is 5.82. The van der Waals surface area contributed by atoms with Crippen molar-refractivity contribution in [2.75, 3.05) is 0 Å². The molecular formula is C11H8BrClN2. The van der Waals surface area contributed by atoms with Gasteiger partial charge in [0.1, 0.15) is 6.33 Å². The highest BCUT2D eigenvalue weighted by atomic mass is 79.9. The van der Waals surface area contributed by atoms with E-state index in [0.717, 1.165) is 16.1 Å².